The standard InChI is InChI=1S/C8H13N3O2/c1-3-4-5-7(12)10-8-9-6(2)11-13-8/h3-5H2,1-2H3,(H,9,10,11,12). The number of carbonyl (C=O) groups is 1. The van der Waals surface area contributed by atoms with Gasteiger partial charge in [-0.3, -0.25) is 10.1 Å². The number of hydrogen-bond donors (Lipinski definition) is 1. The number of rotatable bonds is 4. The van der Waals surface area contributed by atoms with Gasteiger partial charge in [0.05, 0.1) is 0 Å². The van der Waals surface area contributed by atoms with Crippen LogP contribution >= 0.6 is 0 Å². The molecule has 0 saturated heterocycles. The van der Waals surface area contributed by atoms with Gasteiger partial charge in [-0.1, -0.05) is 18.5 Å². The van der Waals surface area contributed by atoms with Gasteiger partial charge in [-0.25, -0.2) is 0 Å². The van der Waals surface area contributed by atoms with Crippen LogP contribution in [0.1, 0.15) is 32.0 Å². The number of aryl methyl sites for hydroxylation is 1. The van der Waals surface area contributed by atoms with Crippen LogP contribution in [-0.2, 0) is 4.79 Å². The first-order valence-electron chi connectivity index (χ1n) is 4.32. The van der Waals surface area contributed by atoms with Crippen LogP contribution in [0, 0.1) is 6.92 Å². The van der Waals surface area contributed by atoms with E-state index in [2.05, 4.69) is 15.5 Å². The van der Waals surface area contributed by atoms with Gasteiger partial charge in [0.1, 0.15) is 0 Å². The molecule has 0 fully saturated rings. The van der Waals surface area contributed by atoms with Crippen molar-refractivity contribution in [3.63, 3.8) is 0 Å². The fraction of sp³-hybridized carbons (Fsp3) is 0.625. The zero-order valence-electron chi connectivity index (χ0n) is 7.83. The van der Waals surface area contributed by atoms with Crippen LogP contribution < -0.4 is 5.32 Å². The predicted molar refractivity (Wildman–Crippen MR) is 47.2 cm³/mol. The minimum Gasteiger partial charge on any atom is -0.315 e. The lowest BCUT2D eigenvalue weighted by atomic mass is 10.2. The summed E-state index contributed by atoms with van der Waals surface area (Å²) < 4.78 is 4.72. The van der Waals surface area contributed by atoms with Crippen molar-refractivity contribution < 1.29 is 9.32 Å². The van der Waals surface area contributed by atoms with Gasteiger partial charge in [0.25, 0.3) is 0 Å². The number of carbonyl (C=O) groups excluding carboxylic acids is 1. The highest BCUT2D eigenvalue weighted by atomic mass is 16.5. The maximum atomic E-state index is 11.1. The van der Waals surface area contributed by atoms with Crippen molar-refractivity contribution in [3.05, 3.63) is 5.82 Å². The summed E-state index contributed by atoms with van der Waals surface area (Å²) >= 11 is 0. The molecule has 0 unspecified atom stereocenters. The maximum absolute atomic E-state index is 11.1. The molecule has 72 valence electrons. The van der Waals surface area contributed by atoms with Crippen molar-refractivity contribution in [3.8, 4) is 0 Å². The second-order valence-corrected chi connectivity index (χ2v) is 2.80. The molecule has 0 saturated carbocycles. The molecule has 1 N–H and O–H groups in total. The van der Waals surface area contributed by atoms with Gasteiger partial charge in [-0.15, -0.1) is 0 Å². The molecule has 0 spiro atoms. The molecular weight excluding hydrogens is 170 g/mol. The summed E-state index contributed by atoms with van der Waals surface area (Å²) in [6.45, 7) is 3.73. The third-order valence-electron chi connectivity index (χ3n) is 1.53. The molecule has 1 amide bonds. The Bertz CT molecular complexity index is 283. The highest BCUT2D eigenvalue weighted by molar-refractivity contribution is 5.88. The van der Waals surface area contributed by atoms with E-state index in [0.717, 1.165) is 12.8 Å². The summed E-state index contributed by atoms with van der Waals surface area (Å²) in [7, 11) is 0. The van der Waals surface area contributed by atoms with E-state index in [4.69, 9.17) is 4.52 Å². The number of unbranched alkanes of at least 4 members (excludes halogenated alkanes) is 1. The first-order chi connectivity index (χ1) is 6.22. The topological polar surface area (TPSA) is 68.0 Å². The van der Waals surface area contributed by atoms with E-state index in [1.54, 1.807) is 6.92 Å². The quantitative estimate of drug-likeness (QED) is 0.768. The Morgan fingerprint density at radius 2 is 2.38 bits per heavy atom. The molecule has 1 aromatic rings. The van der Waals surface area contributed by atoms with Gasteiger partial charge >= 0.3 is 6.01 Å². The summed E-state index contributed by atoms with van der Waals surface area (Å²) in [4.78, 5) is 15.0. The van der Waals surface area contributed by atoms with Gasteiger partial charge in [0.15, 0.2) is 5.82 Å². The van der Waals surface area contributed by atoms with Gasteiger partial charge in [0.2, 0.25) is 5.91 Å². The van der Waals surface area contributed by atoms with Gasteiger partial charge in [0, 0.05) is 6.42 Å². The van der Waals surface area contributed by atoms with Crippen molar-refractivity contribution in [2.24, 2.45) is 0 Å². The van der Waals surface area contributed by atoms with Crippen LogP contribution in [0.5, 0.6) is 0 Å². The van der Waals surface area contributed by atoms with Gasteiger partial charge in [-0.2, -0.15) is 4.98 Å². The summed E-state index contributed by atoms with van der Waals surface area (Å²) in [5, 5.41) is 6.07. The molecule has 5 nitrogen and oxygen atoms in total. The van der Waals surface area contributed by atoms with Crippen molar-refractivity contribution in [2.75, 3.05) is 5.32 Å². The molecular formula is C8H13N3O2. The van der Waals surface area contributed by atoms with E-state index in [1.807, 2.05) is 6.92 Å². The molecule has 0 bridgehead atoms. The SMILES string of the molecule is CCCCC(=O)Nc1nc(C)no1. The van der Waals surface area contributed by atoms with Crippen molar-refractivity contribution in [1.29, 1.82) is 0 Å². The fourth-order valence-electron chi connectivity index (χ4n) is 0.867. The zero-order valence-corrected chi connectivity index (χ0v) is 7.83. The number of nitrogens with one attached hydrogen (secondary N) is 1. The van der Waals surface area contributed by atoms with Crippen LogP contribution in [0.25, 0.3) is 0 Å². The second-order valence-electron chi connectivity index (χ2n) is 2.80. The van der Waals surface area contributed by atoms with Crippen LogP contribution in [-0.4, -0.2) is 16.0 Å². The molecule has 0 aliphatic rings. The third-order valence-corrected chi connectivity index (χ3v) is 1.53. The molecule has 0 aromatic carbocycles. The zero-order chi connectivity index (χ0) is 9.68. The minimum atomic E-state index is -0.0782. The lowest BCUT2D eigenvalue weighted by molar-refractivity contribution is -0.116. The summed E-state index contributed by atoms with van der Waals surface area (Å²) in [6.07, 6.45) is 2.37. The number of aromatic nitrogens is 2. The highest BCUT2D eigenvalue weighted by Crippen LogP contribution is 2.03. The molecule has 0 aliphatic carbocycles. The van der Waals surface area contributed by atoms with Crippen molar-refractivity contribution in [1.82, 2.24) is 10.1 Å². The Hall–Kier alpha value is -1.39. The number of anilines is 1. The van der Waals surface area contributed by atoms with E-state index in [9.17, 15) is 4.79 Å². The van der Waals surface area contributed by atoms with Crippen molar-refractivity contribution in [2.45, 2.75) is 33.1 Å². The molecule has 0 atom stereocenters. The Balaban J connectivity index is 2.36. The van der Waals surface area contributed by atoms with Crippen molar-refractivity contribution >= 4 is 11.9 Å². The maximum Gasteiger partial charge on any atom is 0.328 e. The molecule has 0 radical (unpaired) electrons. The normalized spacial score (nSPS) is 10.0. The summed E-state index contributed by atoms with van der Waals surface area (Å²) in [6, 6.07) is 0.179. The largest absolute Gasteiger partial charge is 0.328 e. The lowest BCUT2D eigenvalue weighted by Crippen LogP contribution is -2.11. The molecule has 5 heteroatoms. The summed E-state index contributed by atoms with van der Waals surface area (Å²) in [5.74, 6) is 0.441. The monoisotopic (exact) mass is 183 g/mol. The first-order valence-corrected chi connectivity index (χ1v) is 4.32. The number of amides is 1. The molecule has 13 heavy (non-hydrogen) atoms. The Labute approximate surface area is 76.5 Å². The van der Waals surface area contributed by atoms with Crippen LogP contribution in [0.3, 0.4) is 0 Å². The van der Waals surface area contributed by atoms with E-state index in [0.29, 0.717) is 12.2 Å². The highest BCUT2D eigenvalue weighted by Gasteiger charge is 2.06. The van der Waals surface area contributed by atoms with E-state index in [1.165, 1.54) is 0 Å². The Morgan fingerprint density at radius 1 is 1.62 bits per heavy atom. The predicted octanol–water partition coefficient (Wildman–Crippen LogP) is 1.51. The van der Waals surface area contributed by atoms with E-state index < -0.39 is 0 Å². The second kappa shape index (κ2) is 4.59. The number of nitrogens with zero attached hydrogens (tertiary/aromatic N) is 2. The third kappa shape index (κ3) is 3.23. The molecule has 1 rings (SSSR count). The first kappa shape index (κ1) is 9.70. The lowest BCUT2D eigenvalue weighted by Gasteiger charge is -1.97. The van der Waals surface area contributed by atoms with Crippen LogP contribution in [0.4, 0.5) is 6.01 Å². The van der Waals surface area contributed by atoms with E-state index in [-0.39, 0.29) is 11.9 Å². The van der Waals surface area contributed by atoms with Crippen LogP contribution in [0.15, 0.2) is 4.52 Å². The Morgan fingerprint density at radius 3 is 2.92 bits per heavy atom. The number of hydrogen-bond acceptors (Lipinski definition) is 4. The summed E-state index contributed by atoms with van der Waals surface area (Å²) in [5.41, 5.74) is 0. The molecule has 0 aliphatic heterocycles. The smallest absolute Gasteiger partial charge is 0.315 e. The van der Waals surface area contributed by atoms with E-state index >= 15 is 0 Å². The molecule has 1 heterocycles. The minimum absolute atomic E-state index is 0.0782. The average Bonchev–Trinajstić information content (AvgIpc) is 2.48. The van der Waals surface area contributed by atoms with Gasteiger partial charge in [-0.05, 0) is 13.3 Å². The van der Waals surface area contributed by atoms with Gasteiger partial charge < -0.3 is 4.52 Å². The fourth-order valence-corrected chi connectivity index (χ4v) is 0.867. The van der Waals surface area contributed by atoms with Crippen LogP contribution in [0.2, 0.25) is 0 Å². The average molecular weight is 183 g/mol. The Kier molecular flexibility index (Phi) is 3.42. The molecule has 1 aromatic heterocycles.